The third-order valence-corrected chi connectivity index (χ3v) is 2.29. The van der Waals surface area contributed by atoms with Crippen LogP contribution >= 0.6 is 0 Å². The summed E-state index contributed by atoms with van der Waals surface area (Å²) < 4.78 is 5.10. The van der Waals surface area contributed by atoms with E-state index in [-0.39, 0.29) is 0 Å². The van der Waals surface area contributed by atoms with Crippen LogP contribution in [0.3, 0.4) is 0 Å². The monoisotopic (exact) mass is 164 g/mol. The Balaban J connectivity index is 2.71. The third kappa shape index (κ3) is 2.00. The fourth-order valence-corrected chi connectivity index (χ4v) is 1.22. The van der Waals surface area contributed by atoms with Gasteiger partial charge in [0.15, 0.2) is 0 Å². The molecule has 0 atom stereocenters. The van der Waals surface area contributed by atoms with Gasteiger partial charge in [-0.25, -0.2) is 0 Å². The van der Waals surface area contributed by atoms with Gasteiger partial charge in [0.1, 0.15) is 5.76 Å². The zero-order valence-corrected chi connectivity index (χ0v) is 8.05. The van der Waals surface area contributed by atoms with Crippen molar-refractivity contribution in [2.24, 2.45) is 0 Å². The molecular formula is C11H16O. The number of hydrogen-bond acceptors (Lipinski definition) is 1. The highest BCUT2D eigenvalue weighted by Gasteiger charge is 2.02. The van der Waals surface area contributed by atoms with E-state index in [0.29, 0.717) is 0 Å². The van der Waals surface area contributed by atoms with Crippen molar-refractivity contribution >= 4 is 0 Å². The van der Waals surface area contributed by atoms with Gasteiger partial charge in [0.05, 0.1) is 7.11 Å². The molecule has 0 aromatic heterocycles. The fraction of sp³-hybridized carbons (Fsp3) is 0.455. The Morgan fingerprint density at radius 2 is 2.25 bits per heavy atom. The molecule has 1 aliphatic rings. The van der Waals surface area contributed by atoms with Crippen molar-refractivity contribution in [3.63, 3.8) is 0 Å². The molecule has 0 aromatic rings. The Hall–Kier alpha value is -0.980. The Kier molecular flexibility index (Phi) is 3.15. The molecule has 0 amide bonds. The van der Waals surface area contributed by atoms with Crippen molar-refractivity contribution in [3.05, 3.63) is 35.1 Å². The molecule has 0 fully saturated rings. The quantitative estimate of drug-likeness (QED) is 0.609. The molecule has 0 unspecified atom stereocenters. The summed E-state index contributed by atoms with van der Waals surface area (Å²) in [5.74, 6) is 0.975. The van der Waals surface area contributed by atoms with E-state index in [4.69, 9.17) is 4.74 Å². The van der Waals surface area contributed by atoms with Crippen LogP contribution in [-0.2, 0) is 4.74 Å². The van der Waals surface area contributed by atoms with Gasteiger partial charge in [-0.1, -0.05) is 18.6 Å². The molecule has 0 saturated carbocycles. The Morgan fingerprint density at radius 1 is 1.50 bits per heavy atom. The standard InChI is InChI=1S/C11H16O/c1-4-9(2)10-5-7-11(12-3)8-6-10/h5,7-8H,4,6H2,1-3H3/b10-9+. The lowest BCUT2D eigenvalue weighted by atomic mass is 10.0. The summed E-state index contributed by atoms with van der Waals surface area (Å²) in [4.78, 5) is 0. The number of hydrogen-bond donors (Lipinski definition) is 0. The zero-order valence-electron chi connectivity index (χ0n) is 8.05. The van der Waals surface area contributed by atoms with Crippen molar-refractivity contribution in [3.8, 4) is 0 Å². The number of rotatable bonds is 2. The maximum atomic E-state index is 5.10. The molecule has 12 heavy (non-hydrogen) atoms. The summed E-state index contributed by atoms with van der Waals surface area (Å²) in [6, 6.07) is 0. The molecule has 1 heteroatoms. The van der Waals surface area contributed by atoms with Crippen molar-refractivity contribution in [2.45, 2.75) is 26.7 Å². The Morgan fingerprint density at radius 3 is 2.67 bits per heavy atom. The topological polar surface area (TPSA) is 9.23 Å². The summed E-state index contributed by atoms with van der Waals surface area (Å²) in [6.07, 6.45) is 8.44. The highest BCUT2D eigenvalue weighted by Crippen LogP contribution is 2.20. The third-order valence-electron chi connectivity index (χ3n) is 2.29. The Bertz CT molecular complexity index is 244. The van der Waals surface area contributed by atoms with Gasteiger partial charge in [-0.3, -0.25) is 0 Å². The molecule has 0 bridgehead atoms. The second-order valence-corrected chi connectivity index (χ2v) is 3.01. The summed E-state index contributed by atoms with van der Waals surface area (Å²) in [7, 11) is 1.71. The van der Waals surface area contributed by atoms with Gasteiger partial charge < -0.3 is 4.74 Å². The molecule has 0 aromatic carbocycles. The van der Waals surface area contributed by atoms with Gasteiger partial charge in [-0.2, -0.15) is 0 Å². The molecule has 0 N–H and O–H groups in total. The van der Waals surface area contributed by atoms with Crippen LogP contribution < -0.4 is 0 Å². The molecule has 1 aliphatic carbocycles. The molecule has 1 nitrogen and oxygen atoms in total. The van der Waals surface area contributed by atoms with E-state index in [0.717, 1.165) is 18.6 Å². The van der Waals surface area contributed by atoms with Crippen LogP contribution in [0.25, 0.3) is 0 Å². The smallest absolute Gasteiger partial charge is 0.115 e. The first-order valence-electron chi connectivity index (χ1n) is 4.38. The van der Waals surface area contributed by atoms with E-state index < -0.39 is 0 Å². The molecule has 0 saturated heterocycles. The van der Waals surface area contributed by atoms with Crippen LogP contribution in [0, 0.1) is 0 Å². The predicted octanol–water partition coefficient (Wildman–Crippen LogP) is 3.20. The van der Waals surface area contributed by atoms with Crippen LogP contribution in [0.15, 0.2) is 35.1 Å². The minimum Gasteiger partial charge on any atom is -0.497 e. The van der Waals surface area contributed by atoms with Crippen molar-refractivity contribution in [1.29, 1.82) is 0 Å². The Labute approximate surface area is 74.4 Å². The zero-order chi connectivity index (χ0) is 8.97. The largest absolute Gasteiger partial charge is 0.497 e. The van der Waals surface area contributed by atoms with E-state index >= 15 is 0 Å². The normalized spacial score (nSPS) is 20.4. The van der Waals surface area contributed by atoms with Crippen LogP contribution in [0.1, 0.15) is 26.7 Å². The number of ether oxygens (including phenoxy) is 1. The van der Waals surface area contributed by atoms with Crippen LogP contribution in [0.4, 0.5) is 0 Å². The maximum Gasteiger partial charge on any atom is 0.115 e. The van der Waals surface area contributed by atoms with Crippen LogP contribution in [0.5, 0.6) is 0 Å². The lowest BCUT2D eigenvalue weighted by molar-refractivity contribution is 0.304. The minimum absolute atomic E-state index is 0.975. The lowest BCUT2D eigenvalue weighted by Gasteiger charge is -2.10. The van der Waals surface area contributed by atoms with Crippen LogP contribution in [0.2, 0.25) is 0 Å². The van der Waals surface area contributed by atoms with E-state index in [1.807, 2.05) is 6.08 Å². The van der Waals surface area contributed by atoms with Crippen molar-refractivity contribution < 1.29 is 4.74 Å². The first-order valence-corrected chi connectivity index (χ1v) is 4.38. The van der Waals surface area contributed by atoms with Gasteiger partial charge in [0.2, 0.25) is 0 Å². The minimum atomic E-state index is 0.975. The average molecular weight is 164 g/mol. The van der Waals surface area contributed by atoms with E-state index in [1.165, 1.54) is 11.1 Å². The molecule has 66 valence electrons. The SMILES string of the molecule is CC/C(C)=C1\C=CC(OC)=CC1. The van der Waals surface area contributed by atoms with Gasteiger partial charge in [-0.05, 0) is 37.5 Å². The average Bonchev–Trinajstić information content (AvgIpc) is 2.17. The summed E-state index contributed by atoms with van der Waals surface area (Å²) in [5, 5.41) is 0. The van der Waals surface area contributed by atoms with Crippen molar-refractivity contribution in [1.82, 2.24) is 0 Å². The molecule has 0 radical (unpaired) electrons. The van der Waals surface area contributed by atoms with Gasteiger partial charge >= 0.3 is 0 Å². The molecule has 0 spiro atoms. The molecule has 0 heterocycles. The summed E-state index contributed by atoms with van der Waals surface area (Å²) in [5.41, 5.74) is 2.90. The summed E-state index contributed by atoms with van der Waals surface area (Å²) in [6.45, 7) is 4.37. The summed E-state index contributed by atoms with van der Waals surface area (Å²) >= 11 is 0. The second-order valence-electron chi connectivity index (χ2n) is 3.01. The van der Waals surface area contributed by atoms with Crippen LogP contribution in [-0.4, -0.2) is 7.11 Å². The highest BCUT2D eigenvalue weighted by molar-refractivity contribution is 5.35. The van der Waals surface area contributed by atoms with Crippen molar-refractivity contribution in [2.75, 3.05) is 7.11 Å². The second kappa shape index (κ2) is 4.15. The molecule has 1 rings (SSSR count). The van der Waals surface area contributed by atoms with Gasteiger partial charge in [-0.15, -0.1) is 0 Å². The highest BCUT2D eigenvalue weighted by atomic mass is 16.5. The lowest BCUT2D eigenvalue weighted by Crippen LogP contribution is -1.92. The number of methoxy groups -OCH3 is 1. The van der Waals surface area contributed by atoms with Gasteiger partial charge in [0.25, 0.3) is 0 Å². The fourth-order valence-electron chi connectivity index (χ4n) is 1.22. The molecule has 0 aliphatic heterocycles. The predicted molar refractivity (Wildman–Crippen MR) is 51.8 cm³/mol. The first kappa shape index (κ1) is 9.11. The van der Waals surface area contributed by atoms with Gasteiger partial charge in [0, 0.05) is 0 Å². The van der Waals surface area contributed by atoms with E-state index in [1.54, 1.807) is 7.11 Å². The number of allylic oxidation sites excluding steroid dienone is 5. The maximum absolute atomic E-state index is 5.10. The van der Waals surface area contributed by atoms with E-state index in [9.17, 15) is 0 Å². The van der Waals surface area contributed by atoms with E-state index in [2.05, 4.69) is 26.0 Å². The first-order chi connectivity index (χ1) is 5.77. The molecular weight excluding hydrogens is 148 g/mol.